The fourth-order valence-electron chi connectivity index (χ4n) is 5.82. The van der Waals surface area contributed by atoms with Crippen molar-refractivity contribution in [1.82, 2.24) is 21.3 Å². The highest BCUT2D eigenvalue weighted by Crippen LogP contribution is 2.14. The van der Waals surface area contributed by atoms with Crippen LogP contribution in [0.5, 0.6) is 0 Å². The van der Waals surface area contributed by atoms with Crippen molar-refractivity contribution in [3.63, 3.8) is 0 Å². The summed E-state index contributed by atoms with van der Waals surface area (Å²) >= 11 is 0. The van der Waals surface area contributed by atoms with E-state index >= 15 is 0 Å². The van der Waals surface area contributed by atoms with Gasteiger partial charge in [0.2, 0.25) is 29.5 Å². The summed E-state index contributed by atoms with van der Waals surface area (Å²) in [7, 11) is 0. The van der Waals surface area contributed by atoms with Crippen LogP contribution in [0.1, 0.15) is 141 Å². The molecular weight excluding hydrogens is 778 g/mol. The quantitative estimate of drug-likeness (QED) is 0.0398. The molecule has 0 heterocycles. The number of carboxylic acids is 4. The summed E-state index contributed by atoms with van der Waals surface area (Å²) in [6.07, 6.45) is 13.3. The third kappa shape index (κ3) is 33.8. The average molecular weight is 846 g/mol. The number of amides is 5. The number of unbranched alkanes of at least 4 members (excludes halogenated alkanes) is 13. The molecule has 0 bridgehead atoms. The lowest BCUT2D eigenvalue weighted by atomic mass is 10.0. The Morgan fingerprint density at radius 3 is 1.37 bits per heavy atom. The fourth-order valence-corrected chi connectivity index (χ4v) is 5.82. The lowest BCUT2D eigenvalue weighted by Crippen LogP contribution is -2.53. The molecule has 0 aromatic heterocycles. The van der Waals surface area contributed by atoms with Gasteiger partial charge in [-0.15, -0.1) is 0 Å². The third-order valence-corrected chi connectivity index (χ3v) is 9.12. The number of hydrogen-bond acceptors (Lipinski definition) is 11. The Morgan fingerprint density at radius 1 is 0.441 bits per heavy atom. The van der Waals surface area contributed by atoms with Crippen molar-refractivity contribution in [2.24, 2.45) is 5.73 Å². The molecule has 0 fully saturated rings. The lowest BCUT2D eigenvalue weighted by molar-refractivity contribution is -0.142. The molecule has 0 spiro atoms. The first-order valence-electron chi connectivity index (χ1n) is 20.6. The van der Waals surface area contributed by atoms with Gasteiger partial charge in [-0.2, -0.15) is 0 Å². The van der Waals surface area contributed by atoms with Crippen LogP contribution in [0, 0.1) is 0 Å². The first-order valence-corrected chi connectivity index (χ1v) is 20.6. The summed E-state index contributed by atoms with van der Waals surface area (Å²) in [4.78, 5) is 105. The molecule has 0 aliphatic rings. The van der Waals surface area contributed by atoms with E-state index in [2.05, 4.69) is 21.3 Å². The van der Waals surface area contributed by atoms with Gasteiger partial charge in [0, 0.05) is 38.6 Å². The molecule has 20 heteroatoms. The van der Waals surface area contributed by atoms with Gasteiger partial charge in [0.05, 0.1) is 19.8 Å². The van der Waals surface area contributed by atoms with Gasteiger partial charge in [0.1, 0.15) is 24.7 Å². The van der Waals surface area contributed by atoms with Gasteiger partial charge >= 0.3 is 23.9 Å². The van der Waals surface area contributed by atoms with Gasteiger partial charge in [-0.25, -0.2) is 4.79 Å². The van der Waals surface area contributed by atoms with Crippen LogP contribution in [-0.2, 0) is 52.6 Å². The summed E-state index contributed by atoms with van der Waals surface area (Å²) in [6.45, 7) is -0.401. The smallest absolute Gasteiger partial charge is 0.326 e. The number of carbonyl (C=O) groups is 9. The topological polar surface area (TPSA) is 327 Å². The molecule has 20 nitrogen and oxygen atoms in total. The Bertz CT molecular complexity index is 1300. The fraction of sp³-hybridized carbons (Fsp3) is 0.769. The van der Waals surface area contributed by atoms with Crippen LogP contribution in [-0.4, -0.2) is 125 Å². The van der Waals surface area contributed by atoms with Crippen molar-refractivity contribution >= 4 is 53.4 Å². The zero-order chi connectivity index (χ0) is 44.3. The van der Waals surface area contributed by atoms with Crippen LogP contribution in [0.25, 0.3) is 0 Å². The van der Waals surface area contributed by atoms with Gasteiger partial charge in [-0.1, -0.05) is 77.0 Å². The van der Waals surface area contributed by atoms with E-state index in [1.807, 2.05) is 0 Å². The number of nitrogens with two attached hydrogens (primary N) is 1. The van der Waals surface area contributed by atoms with E-state index in [-0.39, 0.29) is 70.8 Å². The van der Waals surface area contributed by atoms with Crippen LogP contribution in [0.3, 0.4) is 0 Å². The van der Waals surface area contributed by atoms with Crippen molar-refractivity contribution < 1.29 is 73.1 Å². The van der Waals surface area contributed by atoms with Gasteiger partial charge in [-0.05, 0) is 32.1 Å². The van der Waals surface area contributed by atoms with Gasteiger partial charge in [0.25, 0.3) is 0 Å². The number of carbonyl (C=O) groups excluding carboxylic acids is 5. The normalized spacial score (nSPS) is 12.4. The van der Waals surface area contributed by atoms with E-state index in [1.165, 1.54) is 32.1 Å². The summed E-state index contributed by atoms with van der Waals surface area (Å²) in [6, 6.07) is -3.93. The third-order valence-electron chi connectivity index (χ3n) is 9.12. The highest BCUT2D eigenvalue weighted by atomic mass is 16.5. The molecule has 338 valence electrons. The molecule has 0 rings (SSSR count). The van der Waals surface area contributed by atoms with Crippen molar-refractivity contribution in [1.29, 1.82) is 0 Å². The Labute approximate surface area is 345 Å². The van der Waals surface area contributed by atoms with Crippen LogP contribution in [0.2, 0.25) is 0 Å². The maximum absolute atomic E-state index is 12.6. The standard InChI is InChI=1S/C39H67N5O15/c40-37(54)28(18-21-35(50)51)44-38(55)29(19-22-36(52)53)42-33(47)27-59-26-25-58-24-23-41-31(45)20-17-30(39(56)57)43-32(46)15-13-11-9-7-5-3-1-2-4-6-8-10-12-14-16-34(48)49/h28-30H,1-27H2,(H2,40,54)(H,41,45)(H,42,47)(H,43,46)(H,44,55)(H,48,49)(H,50,51)(H,52,53)(H,56,57). The molecule has 0 saturated carbocycles. The molecule has 0 saturated heterocycles. The second kappa shape index (κ2) is 35.1. The number of aliphatic carboxylic acids is 4. The minimum Gasteiger partial charge on any atom is -0.481 e. The number of nitrogens with one attached hydrogen (secondary N) is 4. The van der Waals surface area contributed by atoms with E-state index in [0.717, 1.165) is 51.4 Å². The Hall–Kier alpha value is -4.85. The molecule has 3 unspecified atom stereocenters. The SMILES string of the molecule is NC(=O)C(CCC(=O)O)NC(=O)C(CCC(=O)O)NC(=O)COCCOCCNC(=O)CCC(NC(=O)CCCCCCCCCCCCCCCCC(=O)O)C(=O)O. The first-order chi connectivity index (χ1) is 28.1. The monoisotopic (exact) mass is 845 g/mol. The largest absolute Gasteiger partial charge is 0.481 e. The molecule has 3 atom stereocenters. The summed E-state index contributed by atoms with van der Waals surface area (Å²) < 4.78 is 10.5. The van der Waals surface area contributed by atoms with Crippen LogP contribution >= 0.6 is 0 Å². The molecule has 10 N–H and O–H groups in total. The molecule has 5 amide bonds. The number of primary amides is 1. The molecule has 59 heavy (non-hydrogen) atoms. The Balaban J connectivity index is 4.11. The average Bonchev–Trinajstić information content (AvgIpc) is 3.16. The summed E-state index contributed by atoms with van der Waals surface area (Å²) in [5, 5.41) is 45.6. The van der Waals surface area contributed by atoms with E-state index in [0.29, 0.717) is 6.42 Å². The zero-order valence-corrected chi connectivity index (χ0v) is 34.2. The van der Waals surface area contributed by atoms with Crippen molar-refractivity contribution in [3.05, 3.63) is 0 Å². The number of ether oxygens (including phenoxy) is 2. The first kappa shape index (κ1) is 54.2. The van der Waals surface area contributed by atoms with Gasteiger partial charge in [0.15, 0.2) is 0 Å². The minimum atomic E-state index is -1.37. The van der Waals surface area contributed by atoms with Crippen molar-refractivity contribution in [3.8, 4) is 0 Å². The number of hydrogen-bond donors (Lipinski definition) is 9. The number of rotatable bonds is 40. The molecule has 0 aromatic rings. The van der Waals surface area contributed by atoms with E-state index in [9.17, 15) is 48.3 Å². The van der Waals surface area contributed by atoms with Crippen LogP contribution in [0.15, 0.2) is 0 Å². The predicted molar refractivity (Wildman–Crippen MR) is 212 cm³/mol. The second-order valence-electron chi connectivity index (χ2n) is 14.3. The molecule has 0 aliphatic carbocycles. The van der Waals surface area contributed by atoms with Crippen molar-refractivity contribution in [2.45, 2.75) is 159 Å². The Morgan fingerprint density at radius 2 is 0.881 bits per heavy atom. The van der Waals surface area contributed by atoms with Gasteiger partial charge in [-0.3, -0.25) is 38.4 Å². The lowest BCUT2D eigenvalue weighted by Gasteiger charge is -2.21. The van der Waals surface area contributed by atoms with E-state index in [4.69, 9.17) is 30.5 Å². The molecular formula is C39H67N5O15. The predicted octanol–water partition coefficient (Wildman–Crippen LogP) is 2.00. The Kier molecular flexibility index (Phi) is 32.2. The molecule has 0 radical (unpaired) electrons. The minimum absolute atomic E-state index is 0.0187. The highest BCUT2D eigenvalue weighted by Gasteiger charge is 2.27. The zero-order valence-electron chi connectivity index (χ0n) is 34.2. The summed E-state index contributed by atoms with van der Waals surface area (Å²) in [5.41, 5.74) is 5.21. The maximum atomic E-state index is 12.6. The maximum Gasteiger partial charge on any atom is 0.326 e. The van der Waals surface area contributed by atoms with Crippen LogP contribution < -0.4 is 27.0 Å². The second-order valence-corrected chi connectivity index (χ2v) is 14.3. The van der Waals surface area contributed by atoms with E-state index < -0.39 is 85.1 Å². The molecule has 0 aliphatic heterocycles. The van der Waals surface area contributed by atoms with Crippen LogP contribution in [0.4, 0.5) is 0 Å². The van der Waals surface area contributed by atoms with Gasteiger partial charge < -0.3 is 56.9 Å². The number of carboxylic acid groups (broad SMARTS) is 4. The van der Waals surface area contributed by atoms with Crippen molar-refractivity contribution in [2.75, 3.05) is 33.0 Å². The summed E-state index contributed by atoms with van der Waals surface area (Å²) in [5.74, 6) is -7.95. The van der Waals surface area contributed by atoms with E-state index in [1.54, 1.807) is 0 Å². The molecule has 0 aromatic carbocycles. The highest BCUT2D eigenvalue weighted by molar-refractivity contribution is 5.92.